The summed E-state index contributed by atoms with van der Waals surface area (Å²) >= 11 is 0. The number of hydrogen-bond acceptors (Lipinski definition) is 3. The van der Waals surface area contributed by atoms with Crippen molar-refractivity contribution < 1.29 is 4.21 Å². The fraction of sp³-hybridized carbons (Fsp3) is 0.571. The highest BCUT2D eigenvalue weighted by Crippen LogP contribution is 2.32. The molecule has 0 bridgehead atoms. The smallest absolute Gasteiger partial charge is 0.0329 e. The number of nitrogens with one attached hydrogen (secondary N) is 1. The van der Waals surface area contributed by atoms with Gasteiger partial charge in [0.05, 0.1) is 0 Å². The van der Waals surface area contributed by atoms with Crippen LogP contribution in [-0.2, 0) is 17.2 Å². The van der Waals surface area contributed by atoms with E-state index < -0.39 is 10.8 Å². The van der Waals surface area contributed by atoms with Crippen LogP contribution in [0.3, 0.4) is 0 Å². The highest BCUT2D eigenvalue weighted by molar-refractivity contribution is 7.84. The molecule has 3 atom stereocenters. The first kappa shape index (κ1) is 13.6. The predicted octanol–water partition coefficient (Wildman–Crippen LogP) is 2.00. The van der Waals surface area contributed by atoms with Crippen molar-refractivity contribution in [2.75, 3.05) is 18.5 Å². The first-order valence-corrected chi connectivity index (χ1v) is 8.14. The van der Waals surface area contributed by atoms with Crippen LogP contribution >= 0.6 is 0 Å². The van der Waals surface area contributed by atoms with Crippen molar-refractivity contribution in [1.29, 1.82) is 0 Å². The molecule has 3 unspecified atom stereocenters. The highest BCUT2D eigenvalue weighted by atomic mass is 32.2. The van der Waals surface area contributed by atoms with Crippen LogP contribution in [0.25, 0.3) is 0 Å². The van der Waals surface area contributed by atoms with Crippen LogP contribution in [0.4, 0.5) is 5.69 Å². The second kappa shape index (κ2) is 5.85. The van der Waals surface area contributed by atoms with E-state index in [9.17, 15) is 4.21 Å². The molecule has 0 saturated heterocycles. The number of benzene rings is 1. The summed E-state index contributed by atoms with van der Waals surface area (Å²) in [5.41, 5.74) is 9.40. The van der Waals surface area contributed by atoms with Crippen molar-refractivity contribution in [3.05, 3.63) is 29.3 Å². The molecular weight excluding hydrogens is 244 g/mol. The van der Waals surface area contributed by atoms with E-state index in [1.807, 2.05) is 13.0 Å². The molecule has 3 nitrogen and oxygen atoms in total. The van der Waals surface area contributed by atoms with Crippen LogP contribution in [0.1, 0.15) is 36.9 Å². The molecule has 0 saturated carbocycles. The number of nitrogen functional groups attached to an aromatic ring is 1. The minimum atomic E-state index is -0.718. The van der Waals surface area contributed by atoms with Crippen molar-refractivity contribution in [1.82, 2.24) is 5.32 Å². The van der Waals surface area contributed by atoms with Gasteiger partial charge in [0.25, 0.3) is 0 Å². The zero-order chi connectivity index (χ0) is 13.1. The molecule has 0 aromatic heterocycles. The van der Waals surface area contributed by atoms with Gasteiger partial charge in [-0.15, -0.1) is 0 Å². The van der Waals surface area contributed by atoms with E-state index >= 15 is 0 Å². The number of nitrogens with two attached hydrogens (primary N) is 1. The molecule has 3 N–H and O–H groups in total. The Labute approximate surface area is 112 Å². The Morgan fingerprint density at radius 2 is 2.33 bits per heavy atom. The summed E-state index contributed by atoms with van der Waals surface area (Å²) in [4.78, 5) is 0. The second-order valence-electron chi connectivity index (χ2n) is 5.10. The molecule has 1 aromatic carbocycles. The van der Waals surface area contributed by atoms with Gasteiger partial charge in [0, 0.05) is 34.0 Å². The summed E-state index contributed by atoms with van der Waals surface area (Å²) in [6.45, 7) is 2.97. The maximum atomic E-state index is 11.3. The normalized spacial score (nSPS) is 21.6. The number of hydrogen-bond donors (Lipinski definition) is 2. The quantitative estimate of drug-likeness (QED) is 0.802. The van der Waals surface area contributed by atoms with Gasteiger partial charge < -0.3 is 11.1 Å². The SMILES string of the molecule is CC(CCNC1CCc2cc(N)ccc21)S(C)=O. The van der Waals surface area contributed by atoms with Crippen LogP contribution in [-0.4, -0.2) is 22.3 Å². The monoisotopic (exact) mass is 266 g/mol. The van der Waals surface area contributed by atoms with E-state index in [0.29, 0.717) is 6.04 Å². The van der Waals surface area contributed by atoms with E-state index in [0.717, 1.165) is 31.5 Å². The maximum absolute atomic E-state index is 11.3. The minimum absolute atomic E-state index is 0.268. The fourth-order valence-corrected chi connectivity index (χ4v) is 2.93. The Kier molecular flexibility index (Phi) is 4.40. The fourth-order valence-electron chi connectivity index (χ4n) is 2.48. The van der Waals surface area contributed by atoms with Crippen molar-refractivity contribution in [3.8, 4) is 0 Å². The Balaban J connectivity index is 1.88. The van der Waals surface area contributed by atoms with Crippen LogP contribution in [0.15, 0.2) is 18.2 Å². The van der Waals surface area contributed by atoms with Crippen LogP contribution in [0, 0.1) is 0 Å². The zero-order valence-corrected chi connectivity index (χ0v) is 11.9. The summed E-state index contributed by atoms with van der Waals surface area (Å²) in [5, 5.41) is 3.84. The maximum Gasteiger partial charge on any atom is 0.0329 e. The average Bonchev–Trinajstić information content (AvgIpc) is 2.71. The highest BCUT2D eigenvalue weighted by Gasteiger charge is 2.21. The lowest BCUT2D eigenvalue weighted by atomic mass is 10.1. The molecule has 100 valence electrons. The van der Waals surface area contributed by atoms with Crippen molar-refractivity contribution in [2.24, 2.45) is 0 Å². The van der Waals surface area contributed by atoms with Crippen LogP contribution in [0.2, 0.25) is 0 Å². The number of anilines is 1. The summed E-state index contributed by atoms with van der Waals surface area (Å²) in [5.74, 6) is 0. The van der Waals surface area contributed by atoms with Gasteiger partial charge >= 0.3 is 0 Å². The number of rotatable bonds is 5. The van der Waals surface area contributed by atoms with E-state index in [-0.39, 0.29) is 5.25 Å². The average molecular weight is 266 g/mol. The lowest BCUT2D eigenvalue weighted by Gasteiger charge is -2.15. The number of fused-ring (bicyclic) bond motifs is 1. The molecular formula is C14H22N2OS. The molecule has 2 rings (SSSR count). The second-order valence-corrected chi connectivity index (χ2v) is 6.90. The Hall–Kier alpha value is -0.870. The summed E-state index contributed by atoms with van der Waals surface area (Å²) in [6.07, 6.45) is 4.98. The lowest BCUT2D eigenvalue weighted by molar-refractivity contribution is 0.518. The molecule has 4 heteroatoms. The predicted molar refractivity (Wildman–Crippen MR) is 78.1 cm³/mol. The molecule has 0 heterocycles. The number of aryl methyl sites for hydroxylation is 1. The Morgan fingerprint density at radius 1 is 1.56 bits per heavy atom. The molecule has 0 amide bonds. The van der Waals surface area contributed by atoms with Gasteiger partial charge in [-0.3, -0.25) is 4.21 Å². The van der Waals surface area contributed by atoms with E-state index in [1.165, 1.54) is 11.1 Å². The molecule has 0 spiro atoms. The van der Waals surface area contributed by atoms with Crippen molar-refractivity contribution >= 4 is 16.5 Å². The molecule has 0 fully saturated rings. The first-order valence-electron chi connectivity index (χ1n) is 6.52. The Morgan fingerprint density at radius 3 is 3.06 bits per heavy atom. The van der Waals surface area contributed by atoms with Gasteiger partial charge in [0.1, 0.15) is 0 Å². The lowest BCUT2D eigenvalue weighted by Crippen LogP contribution is -2.24. The third kappa shape index (κ3) is 3.12. The molecule has 18 heavy (non-hydrogen) atoms. The van der Waals surface area contributed by atoms with Gasteiger partial charge in [0.15, 0.2) is 0 Å². The standard InChI is InChI=1S/C14H22N2OS/c1-10(18(2)17)7-8-16-14-6-3-11-9-12(15)4-5-13(11)14/h4-5,9-10,14,16H,3,6-8,15H2,1-2H3. The zero-order valence-electron chi connectivity index (χ0n) is 11.1. The van der Waals surface area contributed by atoms with Crippen LogP contribution in [0.5, 0.6) is 0 Å². The summed E-state index contributed by atoms with van der Waals surface area (Å²) in [6, 6.07) is 6.64. The molecule has 0 aliphatic heterocycles. The molecule has 1 aliphatic carbocycles. The van der Waals surface area contributed by atoms with Gasteiger partial charge in [0.2, 0.25) is 0 Å². The van der Waals surface area contributed by atoms with Crippen molar-refractivity contribution in [2.45, 2.75) is 37.5 Å². The van der Waals surface area contributed by atoms with Crippen LogP contribution < -0.4 is 11.1 Å². The largest absolute Gasteiger partial charge is 0.399 e. The Bertz CT molecular complexity index is 447. The van der Waals surface area contributed by atoms with E-state index in [1.54, 1.807) is 6.26 Å². The minimum Gasteiger partial charge on any atom is -0.399 e. The molecule has 0 radical (unpaired) electrons. The molecule has 1 aliphatic rings. The third-order valence-electron chi connectivity index (χ3n) is 3.75. The first-order chi connectivity index (χ1) is 8.58. The van der Waals surface area contributed by atoms with Gasteiger partial charge in [-0.1, -0.05) is 13.0 Å². The third-order valence-corrected chi connectivity index (χ3v) is 5.12. The van der Waals surface area contributed by atoms with Gasteiger partial charge in [-0.05, 0) is 49.1 Å². The topological polar surface area (TPSA) is 55.1 Å². The van der Waals surface area contributed by atoms with E-state index in [4.69, 9.17) is 5.73 Å². The molecule has 1 aromatic rings. The van der Waals surface area contributed by atoms with Gasteiger partial charge in [-0.2, -0.15) is 0 Å². The summed E-state index contributed by atoms with van der Waals surface area (Å²) in [7, 11) is -0.718. The van der Waals surface area contributed by atoms with E-state index in [2.05, 4.69) is 17.4 Å². The van der Waals surface area contributed by atoms with Gasteiger partial charge in [-0.25, -0.2) is 0 Å². The van der Waals surface area contributed by atoms with Crippen molar-refractivity contribution in [3.63, 3.8) is 0 Å². The summed E-state index contributed by atoms with van der Waals surface area (Å²) < 4.78 is 11.3.